The Hall–Kier alpha value is -1.46. The lowest BCUT2D eigenvalue weighted by molar-refractivity contribution is -0.182. The van der Waals surface area contributed by atoms with Gasteiger partial charge in [-0.15, -0.1) is 6.58 Å². The van der Waals surface area contributed by atoms with Crippen LogP contribution in [0.4, 0.5) is 0 Å². The van der Waals surface area contributed by atoms with Crippen LogP contribution in [0.15, 0.2) is 49.1 Å². The second-order valence-corrected chi connectivity index (χ2v) is 6.07. The molecule has 0 unspecified atom stereocenters. The minimum atomic E-state index is -0.690. The fraction of sp³-hybridized carbons (Fsp3) is 0.500. The van der Waals surface area contributed by atoms with Gasteiger partial charge in [0, 0.05) is 6.54 Å². The summed E-state index contributed by atoms with van der Waals surface area (Å²) in [4.78, 5) is 0. The van der Waals surface area contributed by atoms with E-state index in [2.05, 4.69) is 11.9 Å². The third kappa shape index (κ3) is 4.77. The average Bonchev–Trinajstić information content (AvgIpc) is 3.07. The van der Waals surface area contributed by atoms with Crippen LogP contribution in [0.2, 0.25) is 0 Å². The van der Waals surface area contributed by atoms with E-state index in [-0.39, 0.29) is 12.1 Å². The summed E-state index contributed by atoms with van der Waals surface area (Å²) in [6, 6.07) is 9.80. The summed E-state index contributed by atoms with van der Waals surface area (Å²) in [5, 5.41) is 14.1. The van der Waals surface area contributed by atoms with Crippen molar-refractivity contribution in [3.8, 4) is 0 Å². The zero-order valence-corrected chi connectivity index (χ0v) is 14.7. The molecule has 1 heterocycles. The molecule has 1 aliphatic heterocycles. The largest absolute Gasteiger partial charge is 0.388 e. The van der Waals surface area contributed by atoms with Gasteiger partial charge in [-0.3, -0.25) is 0 Å². The SMILES string of the molecule is C=CCN[C@@H](/C=C/c1ccccc1)[C@H](O)[C@H]1COC(CC)(CC)O1. The molecule has 2 N–H and O–H groups in total. The highest BCUT2D eigenvalue weighted by atomic mass is 16.7. The van der Waals surface area contributed by atoms with Crippen LogP contribution in [0.5, 0.6) is 0 Å². The van der Waals surface area contributed by atoms with Crippen molar-refractivity contribution >= 4 is 6.08 Å². The van der Waals surface area contributed by atoms with Gasteiger partial charge < -0.3 is 19.9 Å². The van der Waals surface area contributed by atoms with Crippen LogP contribution in [0.1, 0.15) is 32.3 Å². The van der Waals surface area contributed by atoms with Crippen LogP contribution in [0.25, 0.3) is 6.08 Å². The lowest BCUT2D eigenvalue weighted by Crippen LogP contribution is -2.46. The van der Waals surface area contributed by atoms with Crippen LogP contribution in [-0.4, -0.2) is 42.3 Å². The van der Waals surface area contributed by atoms with Crippen molar-refractivity contribution in [2.45, 2.75) is 50.7 Å². The minimum Gasteiger partial charge on any atom is -0.388 e. The van der Waals surface area contributed by atoms with E-state index in [9.17, 15) is 5.11 Å². The third-order valence-corrected chi connectivity index (χ3v) is 4.50. The number of aliphatic hydroxyl groups is 1. The normalized spacial score (nSPS) is 22.5. The van der Waals surface area contributed by atoms with E-state index in [1.807, 2.05) is 56.3 Å². The van der Waals surface area contributed by atoms with E-state index in [1.54, 1.807) is 6.08 Å². The Bertz CT molecular complexity index is 525. The molecule has 1 saturated heterocycles. The Balaban J connectivity index is 2.06. The lowest BCUT2D eigenvalue weighted by Gasteiger charge is -2.28. The maximum atomic E-state index is 10.8. The second-order valence-electron chi connectivity index (χ2n) is 6.07. The quantitative estimate of drug-likeness (QED) is 0.683. The molecule has 24 heavy (non-hydrogen) atoms. The highest BCUT2D eigenvalue weighted by molar-refractivity contribution is 5.49. The molecule has 0 aromatic heterocycles. The van der Waals surface area contributed by atoms with Crippen molar-refractivity contribution in [3.05, 3.63) is 54.6 Å². The molecule has 0 saturated carbocycles. The number of hydrogen-bond donors (Lipinski definition) is 2. The van der Waals surface area contributed by atoms with Gasteiger partial charge in [-0.25, -0.2) is 0 Å². The van der Waals surface area contributed by atoms with Gasteiger partial charge >= 0.3 is 0 Å². The van der Waals surface area contributed by atoms with E-state index in [1.165, 1.54) is 0 Å². The Kier molecular flexibility index (Phi) is 7.18. The van der Waals surface area contributed by atoms with Gasteiger partial charge in [0.25, 0.3) is 0 Å². The zero-order chi connectivity index (χ0) is 17.4. The number of aliphatic hydroxyl groups excluding tert-OH is 1. The predicted molar refractivity (Wildman–Crippen MR) is 97.6 cm³/mol. The van der Waals surface area contributed by atoms with Gasteiger partial charge in [0.2, 0.25) is 0 Å². The average molecular weight is 331 g/mol. The first-order valence-electron chi connectivity index (χ1n) is 8.71. The molecule has 4 nitrogen and oxygen atoms in total. The predicted octanol–water partition coefficient (Wildman–Crippen LogP) is 3.14. The Morgan fingerprint density at radius 3 is 2.62 bits per heavy atom. The van der Waals surface area contributed by atoms with E-state index in [4.69, 9.17) is 9.47 Å². The van der Waals surface area contributed by atoms with Crippen LogP contribution < -0.4 is 5.32 Å². The molecule has 2 rings (SSSR count). The Morgan fingerprint density at radius 2 is 2.04 bits per heavy atom. The van der Waals surface area contributed by atoms with Crippen molar-refractivity contribution in [2.75, 3.05) is 13.2 Å². The van der Waals surface area contributed by atoms with Gasteiger partial charge in [0.05, 0.1) is 12.6 Å². The topological polar surface area (TPSA) is 50.7 Å². The van der Waals surface area contributed by atoms with Crippen molar-refractivity contribution in [3.63, 3.8) is 0 Å². The van der Waals surface area contributed by atoms with Crippen LogP contribution in [0.3, 0.4) is 0 Å². The molecule has 0 aliphatic carbocycles. The standard InChI is InChI=1S/C20H29NO3/c1-4-14-21-17(13-12-16-10-8-7-9-11-16)19(22)18-15-23-20(5-2,6-3)24-18/h4,7-13,17-19,21-22H,1,5-6,14-15H2,2-3H3/b13-12+/t17-,18+,19-/m0/s1. The molecule has 0 radical (unpaired) electrons. The Morgan fingerprint density at radius 1 is 1.33 bits per heavy atom. The summed E-state index contributed by atoms with van der Waals surface area (Å²) in [7, 11) is 0. The van der Waals surface area contributed by atoms with Crippen molar-refractivity contribution in [1.29, 1.82) is 0 Å². The first kappa shape index (κ1) is 18.9. The second kappa shape index (κ2) is 9.14. The van der Waals surface area contributed by atoms with Crippen LogP contribution in [-0.2, 0) is 9.47 Å². The number of rotatable bonds is 9. The molecule has 132 valence electrons. The lowest BCUT2D eigenvalue weighted by atomic mass is 10.0. The number of nitrogens with one attached hydrogen (secondary N) is 1. The van der Waals surface area contributed by atoms with E-state index in [0.717, 1.165) is 18.4 Å². The molecule has 1 aliphatic rings. The fourth-order valence-corrected chi connectivity index (χ4v) is 2.90. The molecule has 0 spiro atoms. The van der Waals surface area contributed by atoms with E-state index >= 15 is 0 Å². The molecule has 3 atom stereocenters. The number of hydrogen-bond acceptors (Lipinski definition) is 4. The maximum absolute atomic E-state index is 10.8. The summed E-state index contributed by atoms with van der Waals surface area (Å²) >= 11 is 0. The highest BCUT2D eigenvalue weighted by Crippen LogP contribution is 2.32. The smallest absolute Gasteiger partial charge is 0.168 e. The molecule has 0 amide bonds. The monoisotopic (exact) mass is 331 g/mol. The Labute approximate surface area is 145 Å². The summed E-state index contributed by atoms with van der Waals surface area (Å²) in [6.45, 7) is 8.84. The fourth-order valence-electron chi connectivity index (χ4n) is 2.90. The first-order valence-corrected chi connectivity index (χ1v) is 8.71. The van der Waals surface area contributed by atoms with Crippen molar-refractivity contribution in [2.24, 2.45) is 0 Å². The molecular weight excluding hydrogens is 302 g/mol. The van der Waals surface area contributed by atoms with Gasteiger partial charge in [-0.1, -0.05) is 62.4 Å². The molecule has 1 aromatic rings. The number of benzene rings is 1. The van der Waals surface area contributed by atoms with Crippen molar-refractivity contribution in [1.82, 2.24) is 5.32 Å². The van der Waals surface area contributed by atoms with Crippen molar-refractivity contribution < 1.29 is 14.6 Å². The van der Waals surface area contributed by atoms with Crippen LogP contribution >= 0.6 is 0 Å². The first-order chi connectivity index (χ1) is 11.6. The van der Waals surface area contributed by atoms with Crippen LogP contribution in [0, 0.1) is 0 Å². The molecule has 0 bridgehead atoms. The van der Waals surface area contributed by atoms with Gasteiger partial charge in [0.15, 0.2) is 5.79 Å². The van der Waals surface area contributed by atoms with Gasteiger partial charge in [0.1, 0.15) is 12.2 Å². The van der Waals surface area contributed by atoms with E-state index < -0.39 is 11.9 Å². The molecule has 1 aromatic carbocycles. The summed E-state index contributed by atoms with van der Waals surface area (Å²) < 4.78 is 11.9. The highest BCUT2D eigenvalue weighted by Gasteiger charge is 2.42. The maximum Gasteiger partial charge on any atom is 0.168 e. The minimum absolute atomic E-state index is 0.235. The third-order valence-electron chi connectivity index (χ3n) is 4.50. The molecule has 4 heteroatoms. The number of ether oxygens (including phenoxy) is 2. The summed E-state index contributed by atoms with van der Waals surface area (Å²) in [6.07, 6.45) is 6.29. The summed E-state index contributed by atoms with van der Waals surface area (Å²) in [5.41, 5.74) is 1.09. The zero-order valence-electron chi connectivity index (χ0n) is 14.7. The van der Waals surface area contributed by atoms with Gasteiger partial charge in [-0.2, -0.15) is 0 Å². The van der Waals surface area contributed by atoms with Gasteiger partial charge in [-0.05, 0) is 18.4 Å². The molecule has 1 fully saturated rings. The molecular formula is C20H29NO3. The van der Waals surface area contributed by atoms with E-state index in [0.29, 0.717) is 13.2 Å². The summed E-state index contributed by atoms with van der Waals surface area (Å²) in [5.74, 6) is -0.558.